The van der Waals surface area contributed by atoms with E-state index in [1.165, 1.54) is 26.7 Å². The van der Waals surface area contributed by atoms with Crippen LogP contribution in [0.1, 0.15) is 16.4 Å². The van der Waals surface area contributed by atoms with Crippen molar-refractivity contribution in [3.05, 3.63) is 163 Å². The second-order valence-electron chi connectivity index (χ2n) is 8.10. The molecule has 0 aromatic heterocycles. The molecule has 0 fully saturated rings. The van der Waals surface area contributed by atoms with Crippen LogP contribution in [0.25, 0.3) is 0 Å². The summed E-state index contributed by atoms with van der Waals surface area (Å²) in [6, 6.07) is 55.3. The monoisotopic (exact) mass is 458 g/mol. The normalized spacial score (nSPS) is 11.4. The molecular formula is C31H26SSi. The molecule has 0 aliphatic carbocycles. The summed E-state index contributed by atoms with van der Waals surface area (Å²) in [5, 5.41) is 4.48. The van der Waals surface area contributed by atoms with E-state index >= 15 is 0 Å². The average molecular weight is 459 g/mol. The predicted octanol–water partition coefficient (Wildman–Crippen LogP) is 6.18. The SMILES string of the molecule is c1ccc(C(S[Si](c2ccccc2)(c2ccccc2)c2ccccc2)c2ccccc2)cc1. The fraction of sp³-hybridized carbons (Fsp3) is 0.0323. The van der Waals surface area contributed by atoms with Gasteiger partial charge in [0.05, 0.1) is 5.25 Å². The third-order valence-electron chi connectivity index (χ3n) is 6.04. The summed E-state index contributed by atoms with van der Waals surface area (Å²) in [6.07, 6.45) is 0. The molecule has 0 saturated heterocycles. The van der Waals surface area contributed by atoms with Gasteiger partial charge in [0.1, 0.15) is 0 Å². The molecule has 2 heteroatoms. The first-order valence-electron chi connectivity index (χ1n) is 11.3. The predicted molar refractivity (Wildman–Crippen MR) is 146 cm³/mol. The van der Waals surface area contributed by atoms with Crippen molar-refractivity contribution in [2.45, 2.75) is 5.25 Å². The van der Waals surface area contributed by atoms with Gasteiger partial charge in [0.2, 0.25) is 7.22 Å². The molecule has 0 unspecified atom stereocenters. The highest BCUT2D eigenvalue weighted by Gasteiger charge is 2.43. The maximum Gasteiger partial charge on any atom is 0.210 e. The topological polar surface area (TPSA) is 0 Å². The third-order valence-corrected chi connectivity index (χ3v) is 14.5. The summed E-state index contributed by atoms with van der Waals surface area (Å²) in [4.78, 5) is 0. The standard InChI is InChI=1S/C31H26SSi/c1-6-16-26(17-7-1)31(27-18-8-2-9-19-27)32-33(28-20-10-3-11-21-28,29-22-12-4-13-23-29)30-24-14-5-15-25-30/h1-25,31H. The van der Waals surface area contributed by atoms with Crippen LogP contribution in [0.5, 0.6) is 0 Å². The Kier molecular flexibility index (Phi) is 6.57. The average Bonchev–Trinajstić information content (AvgIpc) is 2.92. The number of hydrogen-bond acceptors (Lipinski definition) is 1. The first-order chi connectivity index (χ1) is 16.4. The summed E-state index contributed by atoms with van der Waals surface area (Å²) in [6.45, 7) is 0. The highest BCUT2D eigenvalue weighted by atomic mass is 32.4. The lowest BCUT2D eigenvalue weighted by molar-refractivity contribution is 1.16. The van der Waals surface area contributed by atoms with Crippen LogP contribution in [0.2, 0.25) is 0 Å². The molecule has 160 valence electrons. The largest absolute Gasteiger partial charge is 0.210 e. The van der Waals surface area contributed by atoms with Crippen LogP contribution in [0.15, 0.2) is 152 Å². The number of benzene rings is 5. The van der Waals surface area contributed by atoms with Crippen molar-refractivity contribution in [1.82, 2.24) is 0 Å². The Morgan fingerprint density at radius 2 is 0.636 bits per heavy atom. The van der Waals surface area contributed by atoms with E-state index in [9.17, 15) is 0 Å². The van der Waals surface area contributed by atoms with Crippen LogP contribution in [0.4, 0.5) is 0 Å². The first kappa shape index (κ1) is 21.5. The van der Waals surface area contributed by atoms with Crippen molar-refractivity contribution in [3.8, 4) is 0 Å². The van der Waals surface area contributed by atoms with E-state index in [0.717, 1.165) is 0 Å². The van der Waals surface area contributed by atoms with Crippen LogP contribution in [0.3, 0.4) is 0 Å². The Labute approximate surface area is 201 Å². The van der Waals surface area contributed by atoms with Gasteiger partial charge in [-0.15, -0.1) is 0 Å². The van der Waals surface area contributed by atoms with Crippen LogP contribution in [-0.2, 0) is 0 Å². The summed E-state index contributed by atoms with van der Waals surface area (Å²) in [5.74, 6) is 0. The van der Waals surface area contributed by atoms with Crippen molar-refractivity contribution in [1.29, 1.82) is 0 Å². The van der Waals surface area contributed by atoms with Gasteiger partial charge in [-0.05, 0) is 26.7 Å². The molecule has 0 atom stereocenters. The third kappa shape index (κ3) is 4.45. The lowest BCUT2D eigenvalue weighted by atomic mass is 10.0. The summed E-state index contributed by atoms with van der Waals surface area (Å²) >= 11 is 2.14. The summed E-state index contributed by atoms with van der Waals surface area (Å²) in [5.41, 5.74) is 2.68. The molecule has 0 heterocycles. The zero-order valence-electron chi connectivity index (χ0n) is 18.4. The molecule has 0 aliphatic rings. The maximum absolute atomic E-state index is 2.44. The Morgan fingerprint density at radius 1 is 0.364 bits per heavy atom. The Morgan fingerprint density at radius 3 is 0.939 bits per heavy atom. The van der Waals surface area contributed by atoms with E-state index in [1.807, 2.05) is 0 Å². The lowest BCUT2D eigenvalue weighted by Gasteiger charge is -2.36. The van der Waals surface area contributed by atoms with Crippen LogP contribution in [0, 0.1) is 0 Å². The summed E-state index contributed by atoms with van der Waals surface area (Å²) < 4.78 is 0. The fourth-order valence-electron chi connectivity index (χ4n) is 4.48. The molecule has 0 radical (unpaired) electrons. The van der Waals surface area contributed by atoms with Crippen LogP contribution < -0.4 is 15.6 Å². The van der Waals surface area contributed by atoms with E-state index < -0.39 is 7.22 Å². The molecule has 33 heavy (non-hydrogen) atoms. The van der Waals surface area contributed by atoms with E-state index in [-0.39, 0.29) is 5.25 Å². The van der Waals surface area contributed by atoms with Gasteiger partial charge in [0, 0.05) is 0 Å². The molecule has 5 rings (SSSR count). The second kappa shape index (κ2) is 10.1. The molecule has 0 bridgehead atoms. The van der Waals surface area contributed by atoms with Crippen molar-refractivity contribution >= 4 is 34.0 Å². The van der Waals surface area contributed by atoms with Crippen molar-refractivity contribution in [2.75, 3.05) is 0 Å². The zero-order chi connectivity index (χ0) is 22.3. The molecule has 0 spiro atoms. The number of hydrogen-bond donors (Lipinski definition) is 0. The van der Waals surface area contributed by atoms with E-state index in [0.29, 0.717) is 0 Å². The minimum atomic E-state index is -2.44. The molecule has 0 amide bonds. The lowest BCUT2D eigenvalue weighted by Crippen LogP contribution is -2.65. The van der Waals surface area contributed by atoms with E-state index in [4.69, 9.17) is 0 Å². The molecule has 5 aromatic rings. The quantitative estimate of drug-likeness (QED) is 0.207. The van der Waals surface area contributed by atoms with E-state index in [2.05, 4.69) is 163 Å². The molecular weight excluding hydrogens is 432 g/mol. The molecule has 0 saturated carbocycles. The van der Waals surface area contributed by atoms with Gasteiger partial charge in [-0.2, -0.15) is 11.2 Å². The fourth-order valence-corrected chi connectivity index (χ4v) is 13.1. The summed E-state index contributed by atoms with van der Waals surface area (Å²) in [7, 11) is -2.44. The van der Waals surface area contributed by atoms with Crippen molar-refractivity contribution in [2.24, 2.45) is 0 Å². The molecule has 0 aliphatic heterocycles. The zero-order valence-corrected chi connectivity index (χ0v) is 20.2. The van der Waals surface area contributed by atoms with Crippen molar-refractivity contribution < 1.29 is 0 Å². The minimum Gasteiger partial charge on any atom is -0.156 e. The maximum atomic E-state index is 2.33. The van der Waals surface area contributed by atoms with E-state index in [1.54, 1.807) is 0 Å². The van der Waals surface area contributed by atoms with Gasteiger partial charge >= 0.3 is 0 Å². The molecule has 0 nitrogen and oxygen atoms in total. The second-order valence-corrected chi connectivity index (χ2v) is 14.4. The van der Waals surface area contributed by atoms with Crippen molar-refractivity contribution in [3.63, 3.8) is 0 Å². The van der Waals surface area contributed by atoms with Gasteiger partial charge in [-0.3, -0.25) is 0 Å². The smallest absolute Gasteiger partial charge is 0.156 e. The van der Waals surface area contributed by atoms with Gasteiger partial charge in [0.15, 0.2) is 0 Å². The highest BCUT2D eigenvalue weighted by molar-refractivity contribution is 8.33. The Bertz CT molecular complexity index is 1120. The Hall–Kier alpha value is -3.33. The molecule has 0 N–H and O–H groups in total. The highest BCUT2D eigenvalue weighted by Crippen LogP contribution is 2.41. The van der Waals surface area contributed by atoms with Crippen LogP contribution >= 0.6 is 11.2 Å². The van der Waals surface area contributed by atoms with Gasteiger partial charge in [0.25, 0.3) is 0 Å². The molecule has 5 aromatic carbocycles. The van der Waals surface area contributed by atoms with Gasteiger partial charge in [-0.25, -0.2) is 0 Å². The van der Waals surface area contributed by atoms with Gasteiger partial charge in [-0.1, -0.05) is 152 Å². The number of rotatable bonds is 7. The van der Waals surface area contributed by atoms with Crippen LogP contribution in [-0.4, -0.2) is 7.22 Å². The first-order valence-corrected chi connectivity index (χ1v) is 14.9. The minimum absolute atomic E-state index is 0.222. The van der Waals surface area contributed by atoms with Gasteiger partial charge < -0.3 is 0 Å². The Balaban J connectivity index is 1.78.